The molecule has 0 rings (SSSR count). The molecule has 0 amide bonds. The fraction of sp³-hybridized carbons (Fsp3) is 0.917. The van der Waals surface area contributed by atoms with E-state index in [1.54, 1.807) is 0 Å². The van der Waals surface area contributed by atoms with Crippen LogP contribution in [0.15, 0.2) is 10.3 Å². The summed E-state index contributed by atoms with van der Waals surface area (Å²) in [5.41, 5.74) is 0. The minimum atomic E-state index is -3.43. The van der Waals surface area contributed by atoms with E-state index in [4.69, 9.17) is 7.76 Å². The molecule has 7 heteroatoms. The summed E-state index contributed by atoms with van der Waals surface area (Å²) < 4.78 is 24.6. The molecule has 184 valence electrons. The van der Waals surface area contributed by atoms with Crippen LogP contribution in [0.25, 0.3) is 0 Å². The molecule has 0 saturated heterocycles. The van der Waals surface area contributed by atoms with Crippen LogP contribution in [0.4, 0.5) is 0 Å². The molecule has 0 spiro atoms. The van der Waals surface area contributed by atoms with Gasteiger partial charge in [0.05, 0.1) is 0 Å². The number of unbranched alkanes of at least 4 members (excludes halogenated alkanes) is 6. The van der Waals surface area contributed by atoms with Crippen LogP contribution in [-0.2, 0) is 7.76 Å². The van der Waals surface area contributed by atoms with Crippen LogP contribution in [0, 0.1) is 0 Å². The van der Waals surface area contributed by atoms with Crippen molar-refractivity contribution < 1.29 is 7.76 Å². The van der Waals surface area contributed by atoms with Gasteiger partial charge in [-0.15, -0.1) is 0 Å². The number of nitrogens with zero attached hydrogens (tertiary/aromatic N) is 2. The van der Waals surface area contributed by atoms with Crippen LogP contribution in [0.2, 0.25) is 17.7 Å². The van der Waals surface area contributed by atoms with Gasteiger partial charge in [0.15, 0.2) is 0 Å². The fourth-order valence-electron chi connectivity index (χ4n) is 3.43. The van der Waals surface area contributed by atoms with Crippen molar-refractivity contribution in [1.29, 1.82) is 0 Å². The molecular formula is C24H52N2O3Sn2. The third-order valence-electron chi connectivity index (χ3n) is 5.44. The van der Waals surface area contributed by atoms with Crippen molar-refractivity contribution in [2.45, 2.75) is 136 Å². The Kier molecular flexibility index (Phi) is 21.4. The second kappa shape index (κ2) is 21.1. The minimum absolute atomic E-state index is 0.960. The molecule has 0 atom stereocenters. The summed E-state index contributed by atoms with van der Waals surface area (Å²) in [5.74, 6) is 0. The van der Waals surface area contributed by atoms with E-state index in [0.29, 0.717) is 0 Å². The number of hydrogen-bond donors (Lipinski definition) is 0. The summed E-state index contributed by atoms with van der Waals surface area (Å²) in [5, 5.41) is 8.95. The zero-order valence-electron chi connectivity index (χ0n) is 21.6. The van der Waals surface area contributed by atoms with Gasteiger partial charge >= 0.3 is 205 Å². The monoisotopic (exact) mass is 656 g/mol. The third kappa shape index (κ3) is 15.1. The summed E-state index contributed by atoms with van der Waals surface area (Å²) in [6, 6.07) is 0. The number of rotatable bonds is 22. The van der Waals surface area contributed by atoms with Crippen LogP contribution >= 0.6 is 0 Å². The van der Waals surface area contributed by atoms with Crippen molar-refractivity contribution in [2.75, 3.05) is 0 Å². The number of oxime groups is 2. The van der Waals surface area contributed by atoms with E-state index in [9.17, 15) is 0 Å². The van der Waals surface area contributed by atoms with Gasteiger partial charge in [0.1, 0.15) is 0 Å². The average Bonchev–Trinajstić information content (AvgIpc) is 2.79. The van der Waals surface area contributed by atoms with Gasteiger partial charge in [-0.25, -0.2) is 0 Å². The first-order chi connectivity index (χ1) is 15.1. The van der Waals surface area contributed by atoms with Crippen LogP contribution in [0.5, 0.6) is 0 Å². The van der Waals surface area contributed by atoms with E-state index in [-0.39, 0.29) is 0 Å². The van der Waals surface area contributed by atoms with Crippen molar-refractivity contribution in [1.82, 2.24) is 0 Å². The molecule has 0 aliphatic heterocycles. The van der Waals surface area contributed by atoms with Gasteiger partial charge in [-0.05, 0) is 0 Å². The maximum atomic E-state index is 7.34. The van der Waals surface area contributed by atoms with Crippen molar-refractivity contribution in [2.24, 2.45) is 10.3 Å². The second-order valence-electron chi connectivity index (χ2n) is 8.67. The summed E-state index contributed by atoms with van der Waals surface area (Å²) in [6.07, 6.45) is 17.3. The summed E-state index contributed by atoms with van der Waals surface area (Å²) in [4.78, 5) is 0. The van der Waals surface area contributed by atoms with Crippen LogP contribution in [0.1, 0.15) is 119 Å². The van der Waals surface area contributed by atoms with Crippen molar-refractivity contribution in [3.8, 4) is 0 Å². The quantitative estimate of drug-likeness (QED) is 0.0667. The topological polar surface area (TPSA) is 52.4 Å². The first-order valence-corrected chi connectivity index (χ1v) is 25.9. The molecule has 0 bridgehead atoms. The molecule has 31 heavy (non-hydrogen) atoms. The number of hydrogen-bond acceptors (Lipinski definition) is 5. The maximum absolute atomic E-state index is 7.34. The fourth-order valence-corrected chi connectivity index (χ4v) is 43.1. The Morgan fingerprint density at radius 1 is 0.516 bits per heavy atom. The normalized spacial score (nSPS) is 12.8. The van der Waals surface area contributed by atoms with Crippen molar-refractivity contribution in [3.05, 3.63) is 0 Å². The average molecular weight is 654 g/mol. The standard InChI is InChI=1S/2C4H9NO.4C4H9.O.2Sn/c2*1-2-3-4-5-6;4*1-3-4-2;;;/h2*4,6H,2-3H2,1H3;4*1,3-4H2,2H3;;;/q;;;;;;;2*+1/p-2. The van der Waals surface area contributed by atoms with Gasteiger partial charge in [-0.1, -0.05) is 0 Å². The van der Waals surface area contributed by atoms with E-state index in [2.05, 4.69) is 51.9 Å². The molecule has 0 aromatic carbocycles. The Labute approximate surface area is 204 Å². The SMILES string of the molecule is CCCC=N[O][Sn]([CH2]CCC)([CH2]CCC)[O][Sn]([CH2]CCC)([CH2]CCC)[O]N=CCCC. The molecule has 0 aromatic rings. The van der Waals surface area contributed by atoms with Crippen molar-refractivity contribution >= 4 is 50.8 Å². The Morgan fingerprint density at radius 3 is 1.10 bits per heavy atom. The van der Waals surface area contributed by atoms with E-state index in [0.717, 1.165) is 94.8 Å². The summed E-state index contributed by atoms with van der Waals surface area (Å²) >= 11 is -6.86. The molecule has 0 aliphatic carbocycles. The molecule has 0 aliphatic rings. The molecule has 5 nitrogen and oxygen atoms in total. The molecule has 0 unspecified atom stereocenters. The molecule has 0 aromatic heterocycles. The van der Waals surface area contributed by atoms with E-state index >= 15 is 0 Å². The first-order valence-electron chi connectivity index (χ1n) is 13.2. The van der Waals surface area contributed by atoms with Crippen LogP contribution < -0.4 is 0 Å². The van der Waals surface area contributed by atoms with Crippen molar-refractivity contribution in [3.63, 3.8) is 0 Å². The Balaban J connectivity index is 5.94. The Bertz CT molecular complexity index is 406. The zero-order valence-corrected chi connectivity index (χ0v) is 27.3. The predicted molar refractivity (Wildman–Crippen MR) is 140 cm³/mol. The Hall–Kier alpha value is 0.497. The van der Waals surface area contributed by atoms with E-state index < -0.39 is 38.4 Å². The summed E-state index contributed by atoms with van der Waals surface area (Å²) in [7, 11) is 0. The van der Waals surface area contributed by atoms with E-state index in [1.807, 2.05) is 12.4 Å². The second-order valence-corrected chi connectivity index (χ2v) is 30.3. The molecule has 0 N–H and O–H groups in total. The van der Waals surface area contributed by atoms with Gasteiger partial charge in [0.25, 0.3) is 0 Å². The molecule has 0 saturated carbocycles. The zero-order chi connectivity index (χ0) is 23.3. The summed E-state index contributed by atoms with van der Waals surface area (Å²) in [6.45, 7) is 13.4. The van der Waals surface area contributed by atoms with E-state index in [1.165, 1.54) is 0 Å². The van der Waals surface area contributed by atoms with Gasteiger partial charge in [0, 0.05) is 0 Å². The predicted octanol–water partition coefficient (Wildman–Crippen LogP) is 8.69. The van der Waals surface area contributed by atoms with Gasteiger partial charge < -0.3 is 0 Å². The van der Waals surface area contributed by atoms with Crippen LogP contribution in [-0.4, -0.2) is 50.8 Å². The third-order valence-corrected chi connectivity index (χ3v) is 37.0. The molecular weight excluding hydrogens is 602 g/mol. The Morgan fingerprint density at radius 2 is 0.839 bits per heavy atom. The molecule has 0 radical (unpaired) electrons. The van der Waals surface area contributed by atoms with Gasteiger partial charge in [-0.3, -0.25) is 0 Å². The van der Waals surface area contributed by atoms with Crippen LogP contribution in [0.3, 0.4) is 0 Å². The first kappa shape index (κ1) is 31.5. The van der Waals surface area contributed by atoms with Gasteiger partial charge in [0.2, 0.25) is 0 Å². The van der Waals surface area contributed by atoms with Gasteiger partial charge in [-0.2, -0.15) is 0 Å². The molecule has 0 fully saturated rings. The molecule has 0 heterocycles.